The Hall–Kier alpha value is -0.650. The molecule has 5 heteroatoms. The molecule has 1 heterocycles. The average molecular weight is 299 g/mol. The van der Waals surface area contributed by atoms with Crippen molar-refractivity contribution < 1.29 is 9.53 Å². The zero-order valence-corrected chi connectivity index (χ0v) is 13.9. The fraction of sp³-hybridized carbons (Fsp3) is 0.938. The summed E-state index contributed by atoms with van der Waals surface area (Å²) in [7, 11) is 0. The second-order valence-electron chi connectivity index (χ2n) is 6.40. The molecular formula is C16H33N3O2. The maximum atomic E-state index is 12.1. The summed E-state index contributed by atoms with van der Waals surface area (Å²) in [6.07, 6.45) is 4.32. The van der Waals surface area contributed by atoms with Crippen molar-refractivity contribution in [1.29, 1.82) is 0 Å². The zero-order valence-electron chi connectivity index (χ0n) is 13.9. The number of piperidine rings is 1. The summed E-state index contributed by atoms with van der Waals surface area (Å²) in [4.78, 5) is 14.4. The van der Waals surface area contributed by atoms with Crippen LogP contribution in [0.3, 0.4) is 0 Å². The van der Waals surface area contributed by atoms with Crippen LogP contribution in [0, 0.1) is 5.92 Å². The first-order valence-corrected chi connectivity index (χ1v) is 8.38. The third kappa shape index (κ3) is 7.25. The van der Waals surface area contributed by atoms with Crippen molar-refractivity contribution in [2.24, 2.45) is 11.7 Å². The highest BCUT2D eigenvalue weighted by molar-refractivity contribution is 5.81. The molecule has 1 amide bonds. The van der Waals surface area contributed by atoms with Crippen LogP contribution in [0.25, 0.3) is 0 Å². The molecule has 1 saturated heterocycles. The molecule has 1 aliphatic rings. The Morgan fingerprint density at radius 1 is 1.33 bits per heavy atom. The van der Waals surface area contributed by atoms with Crippen molar-refractivity contribution in [3.8, 4) is 0 Å². The molecule has 0 radical (unpaired) electrons. The molecule has 1 aliphatic heterocycles. The van der Waals surface area contributed by atoms with Crippen molar-refractivity contribution in [2.75, 3.05) is 32.8 Å². The molecule has 0 spiro atoms. The molecule has 21 heavy (non-hydrogen) atoms. The monoisotopic (exact) mass is 299 g/mol. The van der Waals surface area contributed by atoms with E-state index >= 15 is 0 Å². The number of hydrogen-bond donors (Lipinski definition) is 2. The lowest BCUT2D eigenvalue weighted by molar-refractivity contribution is -0.127. The fourth-order valence-electron chi connectivity index (χ4n) is 2.56. The minimum Gasteiger partial charge on any atom is -0.378 e. The predicted molar refractivity (Wildman–Crippen MR) is 86.1 cm³/mol. The Morgan fingerprint density at radius 2 is 2.00 bits per heavy atom. The SMILES string of the molecule is CC(C)CCNC(=O)C(C)N1CCC(OCCCN)CC1. The highest BCUT2D eigenvalue weighted by Gasteiger charge is 2.26. The van der Waals surface area contributed by atoms with Gasteiger partial charge in [0.2, 0.25) is 5.91 Å². The molecule has 3 N–H and O–H groups in total. The number of nitrogens with one attached hydrogen (secondary N) is 1. The standard InChI is InChI=1S/C16H33N3O2/c1-13(2)5-9-18-16(20)14(3)19-10-6-15(7-11-19)21-12-4-8-17/h13-15H,4-12,17H2,1-3H3,(H,18,20). The Labute approximate surface area is 129 Å². The maximum Gasteiger partial charge on any atom is 0.237 e. The highest BCUT2D eigenvalue weighted by Crippen LogP contribution is 2.16. The normalized spacial score (nSPS) is 18.9. The van der Waals surface area contributed by atoms with E-state index in [-0.39, 0.29) is 11.9 Å². The number of ether oxygens (including phenoxy) is 1. The van der Waals surface area contributed by atoms with Crippen molar-refractivity contribution in [3.05, 3.63) is 0 Å². The van der Waals surface area contributed by atoms with Gasteiger partial charge in [0, 0.05) is 26.2 Å². The zero-order chi connectivity index (χ0) is 15.7. The van der Waals surface area contributed by atoms with Crippen LogP contribution in [-0.4, -0.2) is 55.7 Å². The van der Waals surface area contributed by atoms with Gasteiger partial charge in [0.15, 0.2) is 0 Å². The lowest BCUT2D eigenvalue weighted by Crippen LogP contribution is -2.49. The molecule has 1 atom stereocenters. The number of hydrogen-bond acceptors (Lipinski definition) is 4. The minimum absolute atomic E-state index is 0.0397. The van der Waals surface area contributed by atoms with Gasteiger partial charge in [-0.3, -0.25) is 9.69 Å². The summed E-state index contributed by atoms with van der Waals surface area (Å²) < 4.78 is 5.80. The number of nitrogens with zero attached hydrogens (tertiary/aromatic N) is 1. The van der Waals surface area contributed by atoms with Gasteiger partial charge in [-0.15, -0.1) is 0 Å². The van der Waals surface area contributed by atoms with Crippen LogP contribution in [0.15, 0.2) is 0 Å². The van der Waals surface area contributed by atoms with Gasteiger partial charge in [-0.1, -0.05) is 13.8 Å². The topological polar surface area (TPSA) is 67.6 Å². The molecule has 124 valence electrons. The van der Waals surface area contributed by atoms with Crippen LogP contribution < -0.4 is 11.1 Å². The van der Waals surface area contributed by atoms with Crippen LogP contribution >= 0.6 is 0 Å². The van der Waals surface area contributed by atoms with Gasteiger partial charge in [0.05, 0.1) is 12.1 Å². The Morgan fingerprint density at radius 3 is 2.57 bits per heavy atom. The van der Waals surface area contributed by atoms with Crippen molar-refractivity contribution in [2.45, 2.75) is 58.6 Å². The molecule has 5 nitrogen and oxygen atoms in total. The summed E-state index contributed by atoms with van der Waals surface area (Å²) in [5.74, 6) is 0.778. The molecule has 0 aliphatic carbocycles. The van der Waals surface area contributed by atoms with E-state index in [9.17, 15) is 4.79 Å². The molecule has 1 fully saturated rings. The lowest BCUT2D eigenvalue weighted by Gasteiger charge is -2.35. The Kier molecular flexibility index (Phi) is 8.88. The Bertz CT molecular complexity index is 289. The van der Waals surface area contributed by atoms with Crippen molar-refractivity contribution in [3.63, 3.8) is 0 Å². The summed E-state index contributed by atoms with van der Waals surface area (Å²) in [5, 5.41) is 3.04. The smallest absolute Gasteiger partial charge is 0.237 e. The van der Waals surface area contributed by atoms with E-state index in [1.54, 1.807) is 0 Å². The van der Waals surface area contributed by atoms with Crippen LogP contribution in [0.5, 0.6) is 0 Å². The summed E-state index contributed by atoms with van der Waals surface area (Å²) >= 11 is 0. The average Bonchev–Trinajstić information content (AvgIpc) is 2.47. The third-order valence-electron chi connectivity index (χ3n) is 4.13. The summed E-state index contributed by atoms with van der Waals surface area (Å²) in [6, 6.07) is -0.0397. The molecular weight excluding hydrogens is 266 g/mol. The summed E-state index contributed by atoms with van der Waals surface area (Å²) in [5.41, 5.74) is 5.47. The number of nitrogens with two attached hydrogens (primary N) is 1. The predicted octanol–water partition coefficient (Wildman–Crippen LogP) is 1.37. The molecule has 1 rings (SSSR count). The van der Waals surface area contributed by atoms with E-state index in [2.05, 4.69) is 24.1 Å². The largest absolute Gasteiger partial charge is 0.378 e. The molecule has 0 aromatic heterocycles. The number of carbonyl (C=O) groups is 1. The summed E-state index contributed by atoms with van der Waals surface area (Å²) in [6.45, 7) is 10.4. The van der Waals surface area contributed by atoms with E-state index in [0.29, 0.717) is 18.6 Å². The number of carbonyl (C=O) groups excluding carboxylic acids is 1. The highest BCUT2D eigenvalue weighted by atomic mass is 16.5. The van der Waals surface area contributed by atoms with Gasteiger partial charge in [0.1, 0.15) is 0 Å². The van der Waals surface area contributed by atoms with E-state index in [0.717, 1.165) is 51.9 Å². The molecule has 0 bridgehead atoms. The first kappa shape index (κ1) is 18.4. The third-order valence-corrected chi connectivity index (χ3v) is 4.13. The second-order valence-corrected chi connectivity index (χ2v) is 6.40. The van der Waals surface area contributed by atoms with Crippen LogP contribution in [0.2, 0.25) is 0 Å². The van der Waals surface area contributed by atoms with Gasteiger partial charge in [0.25, 0.3) is 0 Å². The van der Waals surface area contributed by atoms with E-state index in [1.165, 1.54) is 0 Å². The minimum atomic E-state index is -0.0397. The molecule has 0 aromatic carbocycles. The van der Waals surface area contributed by atoms with E-state index in [1.807, 2.05) is 6.92 Å². The molecule has 0 aromatic rings. The van der Waals surface area contributed by atoms with Gasteiger partial charge < -0.3 is 15.8 Å². The fourth-order valence-corrected chi connectivity index (χ4v) is 2.56. The van der Waals surface area contributed by atoms with E-state index < -0.39 is 0 Å². The molecule has 0 saturated carbocycles. The first-order chi connectivity index (χ1) is 10.0. The van der Waals surface area contributed by atoms with Crippen LogP contribution in [0.4, 0.5) is 0 Å². The number of rotatable bonds is 9. The van der Waals surface area contributed by atoms with E-state index in [4.69, 9.17) is 10.5 Å². The van der Waals surface area contributed by atoms with Crippen LogP contribution in [0.1, 0.15) is 46.5 Å². The van der Waals surface area contributed by atoms with Gasteiger partial charge in [-0.2, -0.15) is 0 Å². The second kappa shape index (κ2) is 10.1. The number of amides is 1. The van der Waals surface area contributed by atoms with Crippen molar-refractivity contribution >= 4 is 5.91 Å². The first-order valence-electron chi connectivity index (χ1n) is 8.38. The quantitative estimate of drug-likeness (QED) is 0.631. The molecule has 1 unspecified atom stereocenters. The van der Waals surface area contributed by atoms with Crippen molar-refractivity contribution in [1.82, 2.24) is 10.2 Å². The Balaban J connectivity index is 2.21. The lowest BCUT2D eigenvalue weighted by atomic mass is 10.1. The van der Waals surface area contributed by atoms with Gasteiger partial charge in [-0.25, -0.2) is 0 Å². The maximum absolute atomic E-state index is 12.1. The number of likely N-dealkylation sites (tertiary alicyclic amines) is 1. The van der Waals surface area contributed by atoms with Gasteiger partial charge >= 0.3 is 0 Å². The van der Waals surface area contributed by atoms with Crippen LogP contribution in [-0.2, 0) is 9.53 Å². The van der Waals surface area contributed by atoms with Gasteiger partial charge in [-0.05, 0) is 45.1 Å².